The van der Waals surface area contributed by atoms with Gasteiger partial charge in [0.15, 0.2) is 11.6 Å². The summed E-state index contributed by atoms with van der Waals surface area (Å²) in [7, 11) is 0. The van der Waals surface area contributed by atoms with E-state index in [1.54, 1.807) is 0 Å². The van der Waals surface area contributed by atoms with Crippen molar-refractivity contribution in [3.63, 3.8) is 0 Å². The van der Waals surface area contributed by atoms with Crippen LogP contribution in [0.25, 0.3) is 134 Å². The summed E-state index contributed by atoms with van der Waals surface area (Å²) in [5.41, 5.74) is 19.0. The molecule has 0 N–H and O–H groups in total. The maximum absolute atomic E-state index is 5.11. The normalized spacial score (nSPS) is 11.2. The molecule has 4 nitrogen and oxygen atoms in total. The Hall–Kier alpha value is -9.90. The van der Waals surface area contributed by atoms with Crippen LogP contribution in [0.1, 0.15) is 0 Å². The molecule has 11 aromatic carbocycles. The highest BCUT2D eigenvalue weighted by molar-refractivity contribution is 6.22. The molecule has 0 aliphatic rings. The van der Waals surface area contributed by atoms with Gasteiger partial charge in [0.2, 0.25) is 0 Å². The first-order valence-electron chi connectivity index (χ1n) is 25.0. The lowest BCUT2D eigenvalue weighted by molar-refractivity contribution is 1.18. The van der Waals surface area contributed by atoms with E-state index in [4.69, 9.17) is 19.9 Å². The Morgan fingerprint density at radius 3 is 0.716 bits per heavy atom. The number of benzene rings is 11. The van der Waals surface area contributed by atoms with Crippen LogP contribution in [0, 0.1) is 0 Å². The molecular weight excluding hydrogens is 897 g/mol. The number of nitrogens with zero attached hydrogens (tertiary/aromatic N) is 4. The summed E-state index contributed by atoms with van der Waals surface area (Å²) in [6.45, 7) is 0. The molecule has 13 aromatic rings. The molecule has 0 atom stereocenters. The Kier molecular flexibility index (Phi) is 11.5. The molecule has 0 amide bonds. The van der Waals surface area contributed by atoms with E-state index in [9.17, 15) is 0 Å². The van der Waals surface area contributed by atoms with Crippen molar-refractivity contribution in [1.29, 1.82) is 0 Å². The van der Waals surface area contributed by atoms with Gasteiger partial charge in [0, 0.05) is 33.4 Å². The van der Waals surface area contributed by atoms with E-state index < -0.39 is 0 Å². The molecule has 346 valence electrons. The molecule has 0 bridgehead atoms. The highest BCUT2D eigenvalue weighted by Crippen LogP contribution is 2.46. The number of rotatable bonds is 10. The van der Waals surface area contributed by atoms with Gasteiger partial charge in [0.1, 0.15) is 0 Å². The van der Waals surface area contributed by atoms with Gasteiger partial charge in [-0.25, -0.2) is 19.9 Å². The van der Waals surface area contributed by atoms with Gasteiger partial charge in [-0.2, -0.15) is 0 Å². The van der Waals surface area contributed by atoms with Crippen LogP contribution in [0.3, 0.4) is 0 Å². The molecule has 0 fully saturated rings. The fourth-order valence-corrected chi connectivity index (χ4v) is 10.2. The first-order chi connectivity index (χ1) is 36.7. The second kappa shape index (κ2) is 19.4. The Labute approximate surface area is 430 Å². The smallest absolute Gasteiger partial charge is 0.160 e. The zero-order chi connectivity index (χ0) is 49.2. The van der Waals surface area contributed by atoms with Crippen LogP contribution in [0.5, 0.6) is 0 Å². The predicted octanol–water partition coefficient (Wildman–Crippen LogP) is 18.2. The van der Waals surface area contributed by atoms with Crippen molar-refractivity contribution in [2.45, 2.75) is 0 Å². The van der Waals surface area contributed by atoms with Crippen molar-refractivity contribution in [1.82, 2.24) is 19.9 Å². The lowest BCUT2D eigenvalue weighted by atomic mass is 9.84. The highest BCUT2D eigenvalue weighted by Gasteiger charge is 2.20. The zero-order valence-electron chi connectivity index (χ0n) is 40.3. The van der Waals surface area contributed by atoms with Gasteiger partial charge < -0.3 is 0 Å². The quantitative estimate of drug-likeness (QED) is 0.128. The topological polar surface area (TPSA) is 51.6 Å². The van der Waals surface area contributed by atoms with Gasteiger partial charge in [0.25, 0.3) is 0 Å². The number of hydrogen-bond acceptors (Lipinski definition) is 4. The standard InChI is InChI=1S/C70H46N4/c1-7-19-49(20-8-1)63-45-65(73-69(71-63)55-27-15-5-16-28-55)51-35-31-47(32-36-51)57-39-41-59-61(43-57)67(53-23-11-3-12-24-53)60-42-40-58(44-62(60)68(59)54-25-13-4-14-26-54)48-33-37-52(38-34-48)66-46-64(50-21-9-2-10-22-50)72-70(74-66)56-29-17-6-18-30-56/h1-46H. The number of aromatic nitrogens is 4. The van der Waals surface area contributed by atoms with Gasteiger partial charge in [-0.3, -0.25) is 0 Å². The molecule has 2 heterocycles. The summed E-state index contributed by atoms with van der Waals surface area (Å²) in [5.74, 6) is 1.41. The first kappa shape index (κ1) is 44.1. The molecular formula is C70H46N4. The van der Waals surface area contributed by atoms with E-state index in [1.807, 2.05) is 48.5 Å². The molecule has 2 aromatic heterocycles. The summed E-state index contributed by atoms with van der Waals surface area (Å²) in [5, 5.41) is 4.80. The van der Waals surface area contributed by atoms with Gasteiger partial charge in [-0.05, 0) is 90.3 Å². The fourth-order valence-electron chi connectivity index (χ4n) is 10.2. The van der Waals surface area contributed by atoms with E-state index in [0.29, 0.717) is 11.6 Å². The minimum atomic E-state index is 0.703. The van der Waals surface area contributed by atoms with E-state index >= 15 is 0 Å². The maximum Gasteiger partial charge on any atom is 0.160 e. The van der Waals surface area contributed by atoms with E-state index in [0.717, 1.165) is 78.4 Å². The number of fused-ring (bicyclic) bond motifs is 2. The molecule has 0 aliphatic carbocycles. The Bertz CT molecular complexity index is 3720. The highest BCUT2D eigenvalue weighted by atomic mass is 14.9. The molecule has 0 radical (unpaired) electrons. The molecule has 0 saturated carbocycles. The van der Waals surface area contributed by atoms with Crippen LogP contribution in [0.2, 0.25) is 0 Å². The second-order valence-electron chi connectivity index (χ2n) is 18.5. The first-order valence-corrected chi connectivity index (χ1v) is 25.0. The average Bonchev–Trinajstić information content (AvgIpc) is 3.49. The summed E-state index contributed by atoms with van der Waals surface area (Å²) < 4.78 is 0. The van der Waals surface area contributed by atoms with Crippen molar-refractivity contribution in [2.24, 2.45) is 0 Å². The summed E-state index contributed by atoms with van der Waals surface area (Å²) in [6, 6.07) is 98.6. The Balaban J connectivity index is 0.915. The van der Waals surface area contributed by atoms with Crippen molar-refractivity contribution in [2.75, 3.05) is 0 Å². The van der Waals surface area contributed by atoms with Crippen LogP contribution < -0.4 is 0 Å². The average molecular weight is 943 g/mol. The van der Waals surface area contributed by atoms with Crippen LogP contribution in [0.4, 0.5) is 0 Å². The molecule has 0 unspecified atom stereocenters. The Morgan fingerprint density at radius 1 is 0.162 bits per heavy atom. The third-order valence-corrected chi connectivity index (χ3v) is 13.9. The molecule has 0 aliphatic heterocycles. The van der Waals surface area contributed by atoms with Gasteiger partial charge in [-0.1, -0.05) is 255 Å². The Morgan fingerprint density at radius 2 is 0.405 bits per heavy atom. The maximum atomic E-state index is 5.11. The largest absolute Gasteiger partial charge is 0.228 e. The molecule has 0 saturated heterocycles. The lowest BCUT2D eigenvalue weighted by Gasteiger charge is -2.20. The van der Waals surface area contributed by atoms with E-state index in [1.165, 1.54) is 43.8 Å². The fraction of sp³-hybridized carbons (Fsp3) is 0. The van der Waals surface area contributed by atoms with Crippen molar-refractivity contribution >= 4 is 21.5 Å². The van der Waals surface area contributed by atoms with E-state index in [-0.39, 0.29) is 0 Å². The van der Waals surface area contributed by atoms with Gasteiger partial charge in [0.05, 0.1) is 22.8 Å². The molecule has 13 rings (SSSR count). The van der Waals surface area contributed by atoms with Crippen molar-refractivity contribution in [3.05, 3.63) is 279 Å². The zero-order valence-corrected chi connectivity index (χ0v) is 40.3. The molecule has 74 heavy (non-hydrogen) atoms. The lowest BCUT2D eigenvalue weighted by Crippen LogP contribution is -1.96. The minimum Gasteiger partial charge on any atom is -0.228 e. The third-order valence-electron chi connectivity index (χ3n) is 13.9. The van der Waals surface area contributed by atoms with Crippen LogP contribution >= 0.6 is 0 Å². The molecule has 0 spiro atoms. The molecule has 4 heteroatoms. The van der Waals surface area contributed by atoms with Crippen LogP contribution in [-0.2, 0) is 0 Å². The minimum absolute atomic E-state index is 0.703. The third kappa shape index (κ3) is 8.61. The number of hydrogen-bond donors (Lipinski definition) is 0. The van der Waals surface area contributed by atoms with Crippen molar-refractivity contribution in [3.8, 4) is 112 Å². The monoisotopic (exact) mass is 942 g/mol. The van der Waals surface area contributed by atoms with E-state index in [2.05, 4.69) is 231 Å². The van der Waals surface area contributed by atoms with Gasteiger partial charge in [-0.15, -0.1) is 0 Å². The summed E-state index contributed by atoms with van der Waals surface area (Å²) in [6.07, 6.45) is 0. The van der Waals surface area contributed by atoms with Gasteiger partial charge >= 0.3 is 0 Å². The predicted molar refractivity (Wildman–Crippen MR) is 307 cm³/mol. The SMILES string of the molecule is c1ccc(-c2cc(-c3ccc(-c4ccc5c(-c6ccccc6)c6cc(-c7ccc(-c8cc(-c9ccccc9)nc(-c9ccccc9)n8)cc7)ccc6c(-c6ccccc6)c5c4)cc3)nc(-c3ccccc3)n2)cc1. The summed E-state index contributed by atoms with van der Waals surface area (Å²) >= 11 is 0. The summed E-state index contributed by atoms with van der Waals surface area (Å²) in [4.78, 5) is 20.2. The van der Waals surface area contributed by atoms with Crippen LogP contribution in [-0.4, -0.2) is 19.9 Å². The van der Waals surface area contributed by atoms with Crippen LogP contribution in [0.15, 0.2) is 279 Å². The second-order valence-corrected chi connectivity index (χ2v) is 18.5. The van der Waals surface area contributed by atoms with Crippen molar-refractivity contribution < 1.29 is 0 Å².